The lowest BCUT2D eigenvalue weighted by molar-refractivity contribution is 0.294. The van der Waals surface area contributed by atoms with Gasteiger partial charge < -0.3 is 5.32 Å². The normalized spacial score (nSPS) is 18.4. The van der Waals surface area contributed by atoms with Crippen molar-refractivity contribution < 1.29 is 4.39 Å². The molecular formula is C18H28FN. The second-order valence-electron chi connectivity index (χ2n) is 6.61. The van der Waals surface area contributed by atoms with Crippen molar-refractivity contribution in [3.63, 3.8) is 0 Å². The second kappa shape index (κ2) is 7.78. The van der Waals surface area contributed by atoms with E-state index in [2.05, 4.69) is 19.2 Å². The number of rotatable bonds is 6. The maximum absolute atomic E-state index is 13.1. The molecule has 1 aromatic carbocycles. The average Bonchev–Trinajstić information content (AvgIpc) is 2.46. The van der Waals surface area contributed by atoms with Crippen LogP contribution >= 0.6 is 0 Å². The molecule has 1 aromatic rings. The maximum Gasteiger partial charge on any atom is 0.123 e. The van der Waals surface area contributed by atoms with Crippen molar-refractivity contribution in [2.45, 2.75) is 51.9 Å². The van der Waals surface area contributed by atoms with E-state index < -0.39 is 0 Å². The summed E-state index contributed by atoms with van der Waals surface area (Å²) < 4.78 is 13.1. The van der Waals surface area contributed by atoms with E-state index in [0.29, 0.717) is 11.8 Å². The molecule has 1 aliphatic rings. The summed E-state index contributed by atoms with van der Waals surface area (Å²) in [6.07, 6.45) is 6.74. The molecule has 1 aliphatic carbocycles. The molecule has 1 saturated carbocycles. The molecule has 0 spiro atoms. The Kier molecular flexibility index (Phi) is 6.03. The SMILES string of the molecule is CC(C)CNCC(c1ccc(F)cc1)C1CCCCC1. The lowest BCUT2D eigenvalue weighted by Gasteiger charge is -2.31. The summed E-state index contributed by atoms with van der Waals surface area (Å²) in [7, 11) is 0. The van der Waals surface area contributed by atoms with Gasteiger partial charge in [-0.15, -0.1) is 0 Å². The van der Waals surface area contributed by atoms with Gasteiger partial charge in [0.05, 0.1) is 0 Å². The van der Waals surface area contributed by atoms with Crippen LogP contribution in [0, 0.1) is 17.7 Å². The van der Waals surface area contributed by atoms with Crippen molar-refractivity contribution in [1.82, 2.24) is 5.32 Å². The van der Waals surface area contributed by atoms with Crippen molar-refractivity contribution in [2.75, 3.05) is 13.1 Å². The fourth-order valence-corrected chi connectivity index (χ4v) is 3.33. The van der Waals surface area contributed by atoms with Gasteiger partial charge in [0.25, 0.3) is 0 Å². The molecule has 0 saturated heterocycles. The first-order valence-corrected chi connectivity index (χ1v) is 8.13. The molecule has 1 fully saturated rings. The Morgan fingerprint density at radius 1 is 1.05 bits per heavy atom. The molecular weight excluding hydrogens is 249 g/mol. The van der Waals surface area contributed by atoms with Crippen molar-refractivity contribution in [2.24, 2.45) is 11.8 Å². The quantitative estimate of drug-likeness (QED) is 0.792. The van der Waals surface area contributed by atoms with Crippen molar-refractivity contribution in [3.05, 3.63) is 35.6 Å². The van der Waals surface area contributed by atoms with E-state index >= 15 is 0 Å². The molecule has 112 valence electrons. The molecule has 0 radical (unpaired) electrons. The van der Waals surface area contributed by atoms with Gasteiger partial charge in [0.2, 0.25) is 0 Å². The first kappa shape index (κ1) is 15.5. The first-order chi connectivity index (χ1) is 9.66. The van der Waals surface area contributed by atoms with Crippen LogP contribution in [0.4, 0.5) is 4.39 Å². The van der Waals surface area contributed by atoms with E-state index in [1.807, 2.05) is 12.1 Å². The van der Waals surface area contributed by atoms with E-state index in [1.54, 1.807) is 12.1 Å². The van der Waals surface area contributed by atoms with E-state index in [4.69, 9.17) is 0 Å². The third kappa shape index (κ3) is 4.59. The summed E-state index contributed by atoms with van der Waals surface area (Å²) in [5.41, 5.74) is 1.30. The minimum Gasteiger partial charge on any atom is -0.316 e. The summed E-state index contributed by atoms with van der Waals surface area (Å²) in [4.78, 5) is 0. The predicted molar refractivity (Wildman–Crippen MR) is 83.4 cm³/mol. The molecule has 0 bridgehead atoms. The van der Waals surface area contributed by atoms with Gasteiger partial charge in [-0.2, -0.15) is 0 Å². The van der Waals surface area contributed by atoms with E-state index in [-0.39, 0.29) is 5.82 Å². The van der Waals surface area contributed by atoms with Crippen LogP contribution < -0.4 is 5.32 Å². The van der Waals surface area contributed by atoms with Crippen LogP contribution in [0.2, 0.25) is 0 Å². The summed E-state index contributed by atoms with van der Waals surface area (Å²) in [5.74, 6) is 1.84. The highest BCUT2D eigenvalue weighted by atomic mass is 19.1. The van der Waals surface area contributed by atoms with Gasteiger partial charge in [-0.05, 0) is 54.8 Å². The zero-order chi connectivity index (χ0) is 14.4. The minimum absolute atomic E-state index is 0.133. The van der Waals surface area contributed by atoms with Gasteiger partial charge >= 0.3 is 0 Å². The molecule has 0 aliphatic heterocycles. The lowest BCUT2D eigenvalue weighted by atomic mass is 9.76. The number of hydrogen-bond donors (Lipinski definition) is 1. The van der Waals surface area contributed by atoms with Gasteiger partial charge in [0, 0.05) is 6.54 Å². The van der Waals surface area contributed by atoms with Gasteiger partial charge in [-0.3, -0.25) is 0 Å². The Hall–Kier alpha value is -0.890. The number of nitrogens with one attached hydrogen (secondary N) is 1. The van der Waals surface area contributed by atoms with Crippen LogP contribution in [-0.4, -0.2) is 13.1 Å². The molecule has 1 N–H and O–H groups in total. The molecule has 0 aromatic heterocycles. The molecule has 2 rings (SSSR count). The highest BCUT2D eigenvalue weighted by Gasteiger charge is 2.24. The summed E-state index contributed by atoms with van der Waals surface area (Å²) in [6.45, 7) is 6.56. The van der Waals surface area contributed by atoms with Crippen LogP contribution in [0.3, 0.4) is 0 Å². The average molecular weight is 277 g/mol. The molecule has 1 nitrogen and oxygen atoms in total. The van der Waals surface area contributed by atoms with E-state index in [9.17, 15) is 4.39 Å². The number of benzene rings is 1. The summed E-state index contributed by atoms with van der Waals surface area (Å²) >= 11 is 0. The highest BCUT2D eigenvalue weighted by Crippen LogP contribution is 2.35. The smallest absolute Gasteiger partial charge is 0.123 e. The van der Waals surface area contributed by atoms with Crippen LogP contribution in [0.5, 0.6) is 0 Å². The predicted octanol–water partition coefficient (Wildman–Crippen LogP) is 4.74. The molecule has 0 amide bonds. The Bertz CT molecular complexity index is 379. The monoisotopic (exact) mass is 277 g/mol. The Balaban J connectivity index is 2.04. The van der Waals surface area contributed by atoms with Crippen LogP contribution in [0.15, 0.2) is 24.3 Å². The van der Waals surface area contributed by atoms with Crippen LogP contribution in [0.1, 0.15) is 57.4 Å². The molecule has 2 heteroatoms. The Morgan fingerprint density at radius 3 is 2.30 bits per heavy atom. The zero-order valence-electron chi connectivity index (χ0n) is 12.9. The van der Waals surface area contributed by atoms with Gasteiger partial charge in [-0.25, -0.2) is 4.39 Å². The van der Waals surface area contributed by atoms with Crippen LogP contribution in [0.25, 0.3) is 0 Å². The molecule has 1 unspecified atom stereocenters. The second-order valence-corrected chi connectivity index (χ2v) is 6.61. The third-order valence-corrected chi connectivity index (χ3v) is 4.43. The fourth-order valence-electron chi connectivity index (χ4n) is 3.33. The van der Waals surface area contributed by atoms with E-state index in [0.717, 1.165) is 19.0 Å². The Labute approximate surface area is 123 Å². The zero-order valence-corrected chi connectivity index (χ0v) is 12.9. The van der Waals surface area contributed by atoms with Crippen molar-refractivity contribution in [3.8, 4) is 0 Å². The topological polar surface area (TPSA) is 12.0 Å². The number of halogens is 1. The van der Waals surface area contributed by atoms with Gasteiger partial charge in [0.1, 0.15) is 5.82 Å². The minimum atomic E-state index is -0.133. The standard InChI is InChI=1S/C18H28FN/c1-14(2)12-20-13-18(15-6-4-3-5-7-15)16-8-10-17(19)11-9-16/h8-11,14-15,18,20H,3-7,12-13H2,1-2H3. The van der Waals surface area contributed by atoms with Gasteiger partial charge in [-0.1, -0.05) is 45.2 Å². The highest BCUT2D eigenvalue weighted by molar-refractivity contribution is 5.22. The van der Waals surface area contributed by atoms with Crippen LogP contribution in [-0.2, 0) is 0 Å². The molecule has 1 atom stereocenters. The lowest BCUT2D eigenvalue weighted by Crippen LogP contribution is -2.30. The molecule has 20 heavy (non-hydrogen) atoms. The van der Waals surface area contributed by atoms with Crippen molar-refractivity contribution >= 4 is 0 Å². The summed E-state index contributed by atoms with van der Waals surface area (Å²) in [5, 5.41) is 3.60. The Morgan fingerprint density at radius 2 is 1.70 bits per heavy atom. The number of hydrogen-bond acceptors (Lipinski definition) is 1. The molecule has 0 heterocycles. The maximum atomic E-state index is 13.1. The first-order valence-electron chi connectivity index (χ1n) is 8.13. The van der Waals surface area contributed by atoms with Crippen molar-refractivity contribution in [1.29, 1.82) is 0 Å². The van der Waals surface area contributed by atoms with E-state index in [1.165, 1.54) is 37.7 Å². The summed E-state index contributed by atoms with van der Waals surface area (Å²) in [6, 6.07) is 7.17. The largest absolute Gasteiger partial charge is 0.316 e. The van der Waals surface area contributed by atoms with Gasteiger partial charge in [0.15, 0.2) is 0 Å². The third-order valence-electron chi connectivity index (χ3n) is 4.43. The fraction of sp³-hybridized carbons (Fsp3) is 0.667.